The molecular weight excluding hydrogens is 1210 g/mol. The van der Waals surface area contributed by atoms with Crippen LogP contribution >= 0.6 is 49.6 Å². The van der Waals surface area contributed by atoms with E-state index in [4.69, 9.17) is 16.2 Å². The molecule has 0 aliphatic rings. The van der Waals surface area contributed by atoms with Crippen molar-refractivity contribution in [2.24, 2.45) is 0 Å². The van der Waals surface area contributed by atoms with Gasteiger partial charge in [-0.1, -0.05) is 16.5 Å². The molecule has 474 valence electrons. The van der Waals surface area contributed by atoms with Crippen LogP contribution in [-0.2, 0) is 83.5 Å². The summed E-state index contributed by atoms with van der Waals surface area (Å²) in [6, 6.07) is -9.12. The van der Waals surface area contributed by atoms with Crippen molar-refractivity contribution in [2.45, 2.75) is 165 Å². The number of amides is 9. The van der Waals surface area contributed by atoms with Crippen LogP contribution in [0.25, 0.3) is 0 Å². The van der Waals surface area contributed by atoms with Crippen LogP contribution in [0, 0.1) is 16.2 Å². The summed E-state index contributed by atoms with van der Waals surface area (Å²) in [5.41, 5.74) is 1.24. The van der Waals surface area contributed by atoms with Crippen molar-refractivity contribution in [3.8, 4) is 0 Å². The number of hydrogen-bond acceptors (Lipinski definition) is 21. The summed E-state index contributed by atoms with van der Waals surface area (Å²) in [7, 11) is 0. The Morgan fingerprint density at radius 1 is 0.593 bits per heavy atom. The first-order valence-corrected chi connectivity index (χ1v) is 29.2. The number of carbonyl (C=O) groups excluding carboxylic acids is 9. The summed E-state index contributed by atoms with van der Waals surface area (Å²) >= 11 is 12.1. The fourth-order valence-electron chi connectivity index (χ4n) is 7.60. The van der Waals surface area contributed by atoms with E-state index in [-0.39, 0.29) is 77.9 Å². The maximum Gasteiger partial charge on any atom is 0.327 e. The summed E-state index contributed by atoms with van der Waals surface area (Å²) < 4.78 is 2.97. The molecule has 0 bridgehead atoms. The van der Waals surface area contributed by atoms with Crippen LogP contribution in [0.4, 0.5) is 0 Å². The van der Waals surface area contributed by atoms with Crippen molar-refractivity contribution in [1.29, 1.82) is 16.2 Å². The first-order chi connectivity index (χ1) is 40.7. The highest BCUT2D eigenvalue weighted by Crippen LogP contribution is 2.10. The highest BCUT2D eigenvalue weighted by atomic mass is 32.2. The molecule has 33 nitrogen and oxygen atoms in total. The number of nitrogens with one attached hydrogen (secondary N) is 12. The first kappa shape index (κ1) is 74.2. The molecule has 37 heteroatoms. The molecule has 0 aliphatic heterocycles. The van der Waals surface area contributed by atoms with Crippen LogP contribution in [0.5, 0.6) is 0 Å². The number of carbonyl (C=O) groups is 12. The van der Waals surface area contributed by atoms with E-state index < -0.39 is 114 Å². The smallest absolute Gasteiger partial charge is 0.327 e. The molecule has 2 aromatic heterocycles. The van der Waals surface area contributed by atoms with E-state index in [0.29, 0.717) is 87.6 Å². The van der Waals surface area contributed by atoms with Gasteiger partial charge in [0.25, 0.3) is 0 Å². The third-order valence-electron chi connectivity index (χ3n) is 11.9. The molecule has 86 heavy (non-hydrogen) atoms. The number of carboxylic acid groups (broad SMARTS) is 3. The molecule has 0 fully saturated rings. The fourth-order valence-corrected chi connectivity index (χ4v) is 8.60. The summed E-state index contributed by atoms with van der Waals surface area (Å²) in [5.74, 6) is -11.6. The lowest BCUT2D eigenvalue weighted by molar-refractivity contribution is -0.143. The van der Waals surface area contributed by atoms with E-state index >= 15 is 0 Å². The second-order valence-corrected chi connectivity index (χ2v) is 21.6. The Balaban J connectivity index is 1.91. The number of thioether (sulfide) groups is 1. The Hall–Kier alpha value is -7.93. The number of thiol groups is 3. The normalized spacial score (nSPS) is 12.9. The van der Waals surface area contributed by atoms with Crippen LogP contribution in [0.1, 0.15) is 115 Å². The van der Waals surface area contributed by atoms with Gasteiger partial charge in [0.15, 0.2) is 10.3 Å². The van der Waals surface area contributed by atoms with Crippen LogP contribution in [0.2, 0.25) is 0 Å². The lowest BCUT2D eigenvalue weighted by Gasteiger charge is -2.25. The van der Waals surface area contributed by atoms with Gasteiger partial charge in [-0.05, 0) is 89.3 Å². The molecule has 0 aromatic carbocycles. The largest absolute Gasteiger partial charge is 0.481 e. The SMILES string of the molecule is C=C[C@H](NC(=O)CCCCn1cc(CCCC(=O)NC(=N)S)nn1)C(=O)N[C@@H](CC(=O)O)C(=O)NC(CCCCNC(=O)[C@H](C)NC(=O)[C@H](CC(=O)O)NC(=O)CCCCn1cc(CCCC(=O)NC(=N)SC(=N)S)nn1)C(=O)N[C@@H](CS)C(=O)O. The number of unbranched alkanes of at least 4 members (excludes halogenated alkanes) is 3. The maximum absolute atomic E-state index is 13.6. The average Bonchev–Trinajstić information content (AvgIpc) is 4.24. The quantitative estimate of drug-likeness (QED) is 0.0119. The minimum atomic E-state index is -1.83. The van der Waals surface area contributed by atoms with Crippen molar-refractivity contribution in [2.75, 3.05) is 12.3 Å². The standard InChI is InChI=1S/C49H74N18O15S4/c1-3-30(55-35(68)15-5-8-20-66-24-28(62-64-66)12-10-17-37(70)60-47(50)84)42(77)58-33(23-40(74)75)45(80)57-31(43(78)59-34(26-83)46(81)82)14-4-7-19-53-41(76)27(2)54-44(79)32(22-39(72)73)56-36(69)16-6-9-21-67-25-29(63-65-67)13-11-18-38(71)61-48(51)86-49(52)85/h3,24-25,27,30-34,83H,1,4-23,26H2,2H3,(H2,52,85)(H,53,76)(H,54,79)(H,55,68)(H,56,69)(H,57,80)(H,58,77)(H,59,78)(H,72,73)(H,74,75)(H,81,82)(H2,51,61,71)(H3,50,60,70,84)/t27-,30-,31?,32-,33-,34-/m0/s1. The van der Waals surface area contributed by atoms with Gasteiger partial charge in [-0.25, -0.2) is 4.79 Å². The van der Waals surface area contributed by atoms with Crippen LogP contribution in [-0.4, -0.2) is 180 Å². The minimum absolute atomic E-state index is 0.0544. The first-order valence-electron chi connectivity index (χ1n) is 26.9. The number of hydrogen-bond donors (Lipinski definition) is 18. The number of rotatable bonds is 41. The van der Waals surface area contributed by atoms with E-state index in [1.165, 1.54) is 6.92 Å². The third-order valence-corrected chi connectivity index (χ3v) is 13.2. The maximum atomic E-state index is 13.6. The van der Waals surface area contributed by atoms with E-state index in [1.54, 1.807) is 21.8 Å². The molecule has 0 saturated heterocycles. The topological polar surface area (TPSA) is 507 Å². The number of aryl methyl sites for hydroxylation is 4. The fraction of sp³-hybridized carbons (Fsp3) is 0.571. The van der Waals surface area contributed by atoms with E-state index in [0.717, 1.165) is 6.08 Å². The monoisotopic (exact) mass is 1280 g/mol. The lowest BCUT2D eigenvalue weighted by Crippen LogP contribution is -2.58. The van der Waals surface area contributed by atoms with Gasteiger partial charge in [-0.15, -0.1) is 42.0 Å². The molecule has 2 rings (SSSR count). The summed E-state index contributed by atoms with van der Waals surface area (Å²) in [4.78, 5) is 151. The molecule has 2 heterocycles. The molecule has 0 saturated carbocycles. The van der Waals surface area contributed by atoms with Crippen molar-refractivity contribution < 1.29 is 72.9 Å². The molecular formula is C49H74N18O15S4. The summed E-state index contributed by atoms with van der Waals surface area (Å²) in [6.45, 7) is 5.52. The van der Waals surface area contributed by atoms with Gasteiger partial charge in [0, 0.05) is 63.5 Å². The second-order valence-electron chi connectivity index (χ2n) is 19.1. The van der Waals surface area contributed by atoms with Gasteiger partial charge in [0.05, 0.1) is 24.2 Å². The van der Waals surface area contributed by atoms with E-state index in [9.17, 15) is 72.9 Å². The van der Waals surface area contributed by atoms with Gasteiger partial charge >= 0.3 is 17.9 Å². The predicted molar refractivity (Wildman–Crippen MR) is 319 cm³/mol. The molecule has 0 aliphatic carbocycles. The molecule has 15 N–H and O–H groups in total. The van der Waals surface area contributed by atoms with E-state index in [2.05, 4.69) is 113 Å². The zero-order valence-electron chi connectivity index (χ0n) is 46.9. The van der Waals surface area contributed by atoms with Gasteiger partial charge in [0.2, 0.25) is 53.2 Å². The Bertz CT molecular complexity index is 2750. The highest BCUT2D eigenvalue weighted by Gasteiger charge is 2.32. The highest BCUT2D eigenvalue weighted by molar-refractivity contribution is 8.40. The summed E-state index contributed by atoms with van der Waals surface area (Å²) in [5, 5.41) is 87.6. The van der Waals surface area contributed by atoms with E-state index in [1.807, 2.05) is 0 Å². The predicted octanol–water partition coefficient (Wildman–Crippen LogP) is -1.45. The number of aliphatic carboxylic acids is 3. The Morgan fingerprint density at radius 3 is 1.57 bits per heavy atom. The Kier molecular flexibility index (Phi) is 34.8. The van der Waals surface area contributed by atoms with Gasteiger partial charge in [-0.2, -0.15) is 12.6 Å². The number of carboxylic acids is 3. The van der Waals surface area contributed by atoms with Gasteiger partial charge < -0.3 is 63.2 Å². The van der Waals surface area contributed by atoms with Gasteiger partial charge in [-0.3, -0.25) is 78.3 Å². The second kappa shape index (κ2) is 40.4. The number of nitrogens with zero attached hydrogens (tertiary/aromatic N) is 6. The zero-order valence-corrected chi connectivity index (χ0v) is 50.4. The molecule has 2 aromatic rings. The average molecular weight is 1280 g/mol. The number of amidine groups is 2. The molecule has 1 unspecified atom stereocenters. The van der Waals surface area contributed by atoms with Gasteiger partial charge in [0.1, 0.15) is 40.6 Å². The molecule has 6 atom stereocenters. The Morgan fingerprint density at radius 2 is 1.07 bits per heavy atom. The Labute approximate surface area is 514 Å². The minimum Gasteiger partial charge on any atom is -0.481 e. The molecule has 9 amide bonds. The van der Waals surface area contributed by atoms with Crippen molar-refractivity contribution >= 4 is 135 Å². The lowest BCUT2D eigenvalue weighted by atomic mass is 10.1. The summed E-state index contributed by atoms with van der Waals surface area (Å²) in [6.07, 6.45) is 6.00. The molecule has 0 radical (unpaired) electrons. The van der Waals surface area contributed by atoms with Crippen molar-refractivity contribution in [1.82, 2.24) is 77.8 Å². The van der Waals surface area contributed by atoms with Crippen LogP contribution in [0.3, 0.4) is 0 Å². The van der Waals surface area contributed by atoms with Crippen LogP contribution < -0.4 is 47.9 Å². The number of aromatic nitrogens is 6. The molecule has 0 spiro atoms. The zero-order chi connectivity index (χ0) is 64.3. The third kappa shape index (κ3) is 31.8. The van der Waals surface area contributed by atoms with Crippen molar-refractivity contribution in [3.63, 3.8) is 0 Å². The van der Waals surface area contributed by atoms with Crippen molar-refractivity contribution in [3.05, 3.63) is 36.4 Å². The van der Waals surface area contributed by atoms with Crippen LogP contribution in [0.15, 0.2) is 25.0 Å².